The van der Waals surface area contributed by atoms with Crippen molar-refractivity contribution in [2.45, 2.75) is 45.8 Å². The van der Waals surface area contributed by atoms with Crippen molar-refractivity contribution in [3.63, 3.8) is 0 Å². The molecule has 104 valence electrons. The van der Waals surface area contributed by atoms with E-state index in [0.29, 0.717) is 0 Å². The zero-order valence-corrected chi connectivity index (χ0v) is 10.9. The number of nitrogens with one attached hydrogen (secondary N) is 1. The standard InChI is InChI=1S/C11H19NO6/c1-6(8(13)14)5-7(9(15)16)12-10(17)18-11(2,3)4/h6-7H,5H2,1-4H3,(H,12,17)(H,13,14)(H,15,16)/t6-,7-/m0/s1. The number of hydrogen-bond acceptors (Lipinski definition) is 4. The molecule has 0 saturated heterocycles. The van der Waals surface area contributed by atoms with Gasteiger partial charge in [0, 0.05) is 0 Å². The third-order valence-corrected chi connectivity index (χ3v) is 2.00. The summed E-state index contributed by atoms with van der Waals surface area (Å²) in [4.78, 5) is 32.9. The zero-order valence-electron chi connectivity index (χ0n) is 10.9. The minimum atomic E-state index is -1.30. The Labute approximate surface area is 105 Å². The van der Waals surface area contributed by atoms with Gasteiger partial charge in [0.15, 0.2) is 0 Å². The van der Waals surface area contributed by atoms with E-state index >= 15 is 0 Å². The SMILES string of the molecule is C[C@@H](C[C@H](NC(=O)OC(C)(C)C)C(=O)O)C(=O)O. The first-order chi connectivity index (χ1) is 8.03. The van der Waals surface area contributed by atoms with Crippen LogP contribution in [0.5, 0.6) is 0 Å². The lowest BCUT2D eigenvalue weighted by Gasteiger charge is -2.22. The molecule has 0 saturated carbocycles. The normalized spacial score (nSPS) is 14.4. The van der Waals surface area contributed by atoms with Crippen molar-refractivity contribution < 1.29 is 29.3 Å². The van der Waals surface area contributed by atoms with Crippen LogP contribution in [0.2, 0.25) is 0 Å². The average Bonchev–Trinajstić information content (AvgIpc) is 2.12. The monoisotopic (exact) mass is 261 g/mol. The van der Waals surface area contributed by atoms with E-state index in [0.717, 1.165) is 0 Å². The maximum Gasteiger partial charge on any atom is 0.408 e. The van der Waals surface area contributed by atoms with Gasteiger partial charge < -0.3 is 20.3 Å². The minimum Gasteiger partial charge on any atom is -0.481 e. The number of carboxylic acid groups (broad SMARTS) is 2. The van der Waals surface area contributed by atoms with Crippen LogP contribution < -0.4 is 5.32 Å². The summed E-state index contributed by atoms with van der Waals surface area (Å²) in [5, 5.41) is 19.7. The van der Waals surface area contributed by atoms with E-state index in [2.05, 4.69) is 5.32 Å². The molecule has 1 amide bonds. The summed E-state index contributed by atoms with van der Waals surface area (Å²) in [7, 11) is 0. The molecule has 18 heavy (non-hydrogen) atoms. The fourth-order valence-corrected chi connectivity index (χ4v) is 1.13. The molecule has 0 unspecified atom stereocenters. The lowest BCUT2D eigenvalue weighted by Crippen LogP contribution is -2.44. The van der Waals surface area contributed by atoms with E-state index in [9.17, 15) is 14.4 Å². The molecule has 0 aliphatic heterocycles. The fourth-order valence-electron chi connectivity index (χ4n) is 1.13. The summed E-state index contributed by atoms with van der Waals surface area (Å²) >= 11 is 0. The summed E-state index contributed by atoms with van der Waals surface area (Å²) in [6.07, 6.45) is -1.09. The molecular weight excluding hydrogens is 242 g/mol. The molecule has 0 spiro atoms. The van der Waals surface area contributed by atoms with Crippen LogP contribution in [-0.2, 0) is 14.3 Å². The van der Waals surface area contributed by atoms with Crippen molar-refractivity contribution in [3.05, 3.63) is 0 Å². The predicted molar refractivity (Wildman–Crippen MR) is 62.2 cm³/mol. The number of aliphatic carboxylic acids is 2. The number of alkyl carbamates (subject to hydrolysis) is 1. The Balaban J connectivity index is 4.50. The van der Waals surface area contributed by atoms with Crippen LogP contribution in [0.3, 0.4) is 0 Å². The van der Waals surface area contributed by atoms with Gasteiger partial charge in [-0.05, 0) is 27.2 Å². The van der Waals surface area contributed by atoms with Gasteiger partial charge in [0.2, 0.25) is 0 Å². The maximum atomic E-state index is 11.4. The molecule has 0 aromatic rings. The van der Waals surface area contributed by atoms with Gasteiger partial charge in [0.05, 0.1) is 5.92 Å². The van der Waals surface area contributed by atoms with Gasteiger partial charge >= 0.3 is 18.0 Å². The second kappa shape index (κ2) is 6.23. The van der Waals surface area contributed by atoms with E-state index < -0.39 is 35.6 Å². The Morgan fingerprint density at radius 1 is 1.17 bits per heavy atom. The van der Waals surface area contributed by atoms with E-state index in [-0.39, 0.29) is 6.42 Å². The molecule has 0 aromatic carbocycles. The second-order valence-corrected chi connectivity index (χ2v) is 5.01. The summed E-state index contributed by atoms with van der Waals surface area (Å²) in [6.45, 7) is 6.29. The summed E-state index contributed by atoms with van der Waals surface area (Å²) in [6, 6.07) is -1.29. The fraction of sp³-hybridized carbons (Fsp3) is 0.727. The average molecular weight is 261 g/mol. The quantitative estimate of drug-likeness (QED) is 0.682. The highest BCUT2D eigenvalue weighted by Gasteiger charge is 2.27. The minimum absolute atomic E-state index is 0.204. The molecular formula is C11H19NO6. The Bertz CT molecular complexity index is 333. The van der Waals surface area contributed by atoms with Crippen LogP contribution in [0.15, 0.2) is 0 Å². The van der Waals surface area contributed by atoms with Crippen LogP contribution >= 0.6 is 0 Å². The van der Waals surface area contributed by atoms with Crippen molar-refractivity contribution in [3.8, 4) is 0 Å². The lowest BCUT2D eigenvalue weighted by molar-refractivity contribution is -0.143. The molecule has 0 bridgehead atoms. The largest absolute Gasteiger partial charge is 0.481 e. The number of carbonyl (C=O) groups is 3. The van der Waals surface area contributed by atoms with E-state index in [1.165, 1.54) is 6.92 Å². The van der Waals surface area contributed by atoms with Gasteiger partial charge in [-0.25, -0.2) is 9.59 Å². The summed E-state index contributed by atoms with van der Waals surface area (Å²) in [5.74, 6) is -3.29. The predicted octanol–water partition coefficient (Wildman–Crippen LogP) is 1.08. The first kappa shape index (κ1) is 16.2. The number of carboxylic acids is 2. The van der Waals surface area contributed by atoms with Crippen molar-refractivity contribution in [2.75, 3.05) is 0 Å². The Hall–Kier alpha value is -1.79. The number of ether oxygens (including phenoxy) is 1. The topological polar surface area (TPSA) is 113 Å². The van der Waals surface area contributed by atoms with Crippen molar-refractivity contribution >= 4 is 18.0 Å². The molecule has 0 aromatic heterocycles. The van der Waals surface area contributed by atoms with Gasteiger partial charge in [-0.1, -0.05) is 6.92 Å². The number of rotatable bonds is 5. The highest BCUT2D eigenvalue weighted by molar-refractivity contribution is 5.81. The van der Waals surface area contributed by atoms with Crippen LogP contribution in [0.25, 0.3) is 0 Å². The van der Waals surface area contributed by atoms with Crippen molar-refractivity contribution in [1.29, 1.82) is 0 Å². The first-order valence-electron chi connectivity index (χ1n) is 5.48. The number of carbonyl (C=O) groups excluding carboxylic acids is 1. The third kappa shape index (κ3) is 6.72. The molecule has 0 aliphatic carbocycles. The third-order valence-electron chi connectivity index (χ3n) is 2.00. The van der Waals surface area contributed by atoms with Gasteiger partial charge in [-0.15, -0.1) is 0 Å². The van der Waals surface area contributed by atoms with E-state index in [4.69, 9.17) is 14.9 Å². The Kier molecular flexibility index (Phi) is 5.61. The van der Waals surface area contributed by atoms with Gasteiger partial charge in [0.1, 0.15) is 11.6 Å². The molecule has 0 aliphatic rings. The maximum absolute atomic E-state index is 11.4. The molecule has 0 fully saturated rings. The van der Waals surface area contributed by atoms with Crippen LogP contribution in [0, 0.1) is 5.92 Å². The van der Waals surface area contributed by atoms with Crippen LogP contribution in [-0.4, -0.2) is 39.9 Å². The molecule has 0 heterocycles. The molecule has 2 atom stereocenters. The molecule has 0 radical (unpaired) electrons. The number of amides is 1. The van der Waals surface area contributed by atoms with Crippen LogP contribution in [0.1, 0.15) is 34.1 Å². The van der Waals surface area contributed by atoms with Gasteiger partial charge in [-0.3, -0.25) is 4.79 Å². The lowest BCUT2D eigenvalue weighted by atomic mass is 10.0. The van der Waals surface area contributed by atoms with E-state index in [1.807, 2.05) is 0 Å². The van der Waals surface area contributed by atoms with Gasteiger partial charge in [0.25, 0.3) is 0 Å². The second-order valence-electron chi connectivity index (χ2n) is 5.01. The summed E-state index contributed by atoms with van der Waals surface area (Å²) in [5.41, 5.74) is -0.744. The smallest absolute Gasteiger partial charge is 0.408 e. The van der Waals surface area contributed by atoms with E-state index in [1.54, 1.807) is 20.8 Å². The van der Waals surface area contributed by atoms with Crippen LogP contribution in [0.4, 0.5) is 4.79 Å². The summed E-state index contributed by atoms with van der Waals surface area (Å²) < 4.78 is 4.90. The van der Waals surface area contributed by atoms with Gasteiger partial charge in [-0.2, -0.15) is 0 Å². The molecule has 0 rings (SSSR count). The Morgan fingerprint density at radius 3 is 2.00 bits per heavy atom. The van der Waals surface area contributed by atoms with Crippen molar-refractivity contribution in [1.82, 2.24) is 5.32 Å². The Morgan fingerprint density at radius 2 is 1.67 bits per heavy atom. The first-order valence-corrected chi connectivity index (χ1v) is 5.48. The highest BCUT2D eigenvalue weighted by atomic mass is 16.6. The zero-order chi connectivity index (χ0) is 14.5. The molecule has 7 nitrogen and oxygen atoms in total. The van der Waals surface area contributed by atoms with Crippen molar-refractivity contribution in [2.24, 2.45) is 5.92 Å². The molecule has 3 N–H and O–H groups in total. The highest BCUT2D eigenvalue weighted by Crippen LogP contribution is 2.10. The molecule has 7 heteroatoms. The number of hydrogen-bond donors (Lipinski definition) is 3.